The summed E-state index contributed by atoms with van der Waals surface area (Å²) in [5.41, 5.74) is 0. The molecule has 3 unspecified atom stereocenters. The van der Waals surface area contributed by atoms with Crippen molar-refractivity contribution in [3.63, 3.8) is 0 Å². The van der Waals surface area contributed by atoms with Gasteiger partial charge >= 0.3 is 0 Å². The van der Waals surface area contributed by atoms with Gasteiger partial charge in [-0.25, -0.2) is 0 Å². The van der Waals surface area contributed by atoms with Gasteiger partial charge in [-0.05, 0) is 27.2 Å². The van der Waals surface area contributed by atoms with Crippen molar-refractivity contribution in [2.24, 2.45) is 0 Å². The van der Waals surface area contributed by atoms with Crippen molar-refractivity contribution < 1.29 is 14.2 Å². The zero-order valence-electron chi connectivity index (χ0n) is 11.7. The molecule has 2 rings (SSSR count). The van der Waals surface area contributed by atoms with E-state index >= 15 is 0 Å². The van der Waals surface area contributed by atoms with Crippen molar-refractivity contribution in [3.05, 3.63) is 0 Å². The lowest BCUT2D eigenvalue weighted by Gasteiger charge is -2.27. The normalized spacial score (nSPS) is 33.5. The Morgan fingerprint density at radius 3 is 2.83 bits per heavy atom. The molecule has 0 aromatic rings. The minimum atomic E-state index is -0.422. The summed E-state index contributed by atoms with van der Waals surface area (Å²) in [6.45, 7) is 10.3. The molecule has 0 radical (unpaired) electrons. The summed E-state index contributed by atoms with van der Waals surface area (Å²) < 4.78 is 16.8. The second-order valence-corrected chi connectivity index (χ2v) is 5.72. The average molecular weight is 258 g/mol. The van der Waals surface area contributed by atoms with E-state index in [9.17, 15) is 0 Å². The highest BCUT2D eigenvalue weighted by Gasteiger charge is 2.32. The quantitative estimate of drug-likeness (QED) is 0.752. The summed E-state index contributed by atoms with van der Waals surface area (Å²) in [5, 5.41) is 6.98. The molecule has 2 heterocycles. The van der Waals surface area contributed by atoms with Gasteiger partial charge in [-0.3, -0.25) is 0 Å². The Labute approximate surface area is 110 Å². The predicted molar refractivity (Wildman–Crippen MR) is 69.6 cm³/mol. The van der Waals surface area contributed by atoms with Crippen molar-refractivity contribution in [2.75, 3.05) is 32.9 Å². The van der Waals surface area contributed by atoms with Crippen LogP contribution in [0.3, 0.4) is 0 Å². The van der Waals surface area contributed by atoms with Gasteiger partial charge in [-0.1, -0.05) is 0 Å². The van der Waals surface area contributed by atoms with Crippen LogP contribution in [0, 0.1) is 0 Å². The van der Waals surface area contributed by atoms with Gasteiger partial charge < -0.3 is 24.8 Å². The van der Waals surface area contributed by atoms with Gasteiger partial charge in [0.2, 0.25) is 0 Å². The van der Waals surface area contributed by atoms with E-state index in [-0.39, 0.29) is 6.10 Å². The second kappa shape index (κ2) is 6.30. The highest BCUT2D eigenvalue weighted by Crippen LogP contribution is 2.21. The van der Waals surface area contributed by atoms with E-state index in [4.69, 9.17) is 14.2 Å². The third-order valence-electron chi connectivity index (χ3n) is 3.40. The molecule has 2 fully saturated rings. The van der Waals surface area contributed by atoms with E-state index in [0.29, 0.717) is 18.7 Å². The van der Waals surface area contributed by atoms with Gasteiger partial charge in [0, 0.05) is 25.2 Å². The Hall–Kier alpha value is -0.200. The summed E-state index contributed by atoms with van der Waals surface area (Å²) in [4.78, 5) is 0. The molecule has 0 amide bonds. The van der Waals surface area contributed by atoms with Crippen LogP contribution in [0.5, 0.6) is 0 Å². The number of hydrogen-bond donors (Lipinski definition) is 2. The van der Waals surface area contributed by atoms with Crippen LogP contribution in [0.4, 0.5) is 0 Å². The fourth-order valence-electron chi connectivity index (χ4n) is 2.48. The first-order valence-electron chi connectivity index (χ1n) is 6.91. The minimum Gasteiger partial charge on any atom is -0.379 e. The molecule has 3 atom stereocenters. The molecule has 0 aromatic heterocycles. The Morgan fingerprint density at radius 1 is 1.39 bits per heavy atom. The first kappa shape index (κ1) is 14.2. The van der Waals surface area contributed by atoms with Crippen LogP contribution in [0.15, 0.2) is 0 Å². The fourth-order valence-corrected chi connectivity index (χ4v) is 2.48. The molecular formula is C13H26N2O3. The molecule has 2 aliphatic heterocycles. The van der Waals surface area contributed by atoms with Crippen LogP contribution in [0.1, 0.15) is 27.2 Å². The number of nitrogens with one attached hydrogen (secondary N) is 2. The minimum absolute atomic E-state index is 0.165. The van der Waals surface area contributed by atoms with Crippen molar-refractivity contribution in [1.82, 2.24) is 10.6 Å². The maximum Gasteiger partial charge on any atom is 0.163 e. The largest absolute Gasteiger partial charge is 0.379 e. The van der Waals surface area contributed by atoms with Crippen LogP contribution >= 0.6 is 0 Å². The van der Waals surface area contributed by atoms with E-state index in [2.05, 4.69) is 17.6 Å². The number of hydrogen-bond acceptors (Lipinski definition) is 5. The maximum absolute atomic E-state index is 5.76. The van der Waals surface area contributed by atoms with Crippen LogP contribution in [0.2, 0.25) is 0 Å². The summed E-state index contributed by atoms with van der Waals surface area (Å²) in [5.74, 6) is -0.422. The number of rotatable bonds is 5. The number of morpholine rings is 1. The van der Waals surface area contributed by atoms with Gasteiger partial charge in [0.1, 0.15) is 0 Å². The summed E-state index contributed by atoms with van der Waals surface area (Å²) in [6.07, 6.45) is 1.25. The first-order valence-corrected chi connectivity index (χ1v) is 6.91. The van der Waals surface area contributed by atoms with E-state index < -0.39 is 5.79 Å². The highest BCUT2D eigenvalue weighted by molar-refractivity contribution is 4.78. The molecule has 0 spiro atoms. The lowest BCUT2D eigenvalue weighted by Crippen LogP contribution is -2.46. The number of ether oxygens (including phenoxy) is 3. The molecule has 0 aromatic carbocycles. The molecule has 5 nitrogen and oxygen atoms in total. The van der Waals surface area contributed by atoms with Gasteiger partial charge in [0.15, 0.2) is 5.79 Å². The molecule has 0 saturated carbocycles. The maximum atomic E-state index is 5.76. The topological polar surface area (TPSA) is 51.8 Å². The van der Waals surface area contributed by atoms with Crippen LogP contribution < -0.4 is 10.6 Å². The molecule has 2 saturated heterocycles. The Morgan fingerprint density at radius 2 is 2.22 bits per heavy atom. The molecule has 0 bridgehead atoms. The van der Waals surface area contributed by atoms with Gasteiger partial charge in [0.05, 0.1) is 25.9 Å². The average Bonchev–Trinajstić information content (AvgIpc) is 2.68. The van der Waals surface area contributed by atoms with Crippen molar-refractivity contribution in [3.8, 4) is 0 Å². The summed E-state index contributed by atoms with van der Waals surface area (Å²) in [6, 6.07) is 0.926. The summed E-state index contributed by atoms with van der Waals surface area (Å²) >= 11 is 0. The molecule has 2 aliphatic rings. The van der Waals surface area contributed by atoms with E-state index in [0.717, 1.165) is 32.7 Å². The van der Waals surface area contributed by atoms with E-state index in [1.54, 1.807) is 0 Å². The van der Waals surface area contributed by atoms with Crippen molar-refractivity contribution >= 4 is 0 Å². The molecular weight excluding hydrogens is 232 g/mol. The summed E-state index contributed by atoms with van der Waals surface area (Å²) in [7, 11) is 0. The van der Waals surface area contributed by atoms with Crippen LogP contribution in [0.25, 0.3) is 0 Å². The molecule has 106 valence electrons. The van der Waals surface area contributed by atoms with Crippen molar-refractivity contribution in [1.29, 1.82) is 0 Å². The first-order chi connectivity index (χ1) is 8.55. The van der Waals surface area contributed by atoms with Crippen LogP contribution in [-0.4, -0.2) is 56.9 Å². The van der Waals surface area contributed by atoms with E-state index in [1.807, 2.05) is 13.8 Å². The fraction of sp³-hybridized carbons (Fsp3) is 1.00. The lowest BCUT2D eigenvalue weighted by atomic mass is 10.1. The lowest BCUT2D eigenvalue weighted by molar-refractivity contribution is -0.137. The SMILES string of the molecule is CC(CC1COCCN1)NCC1COC(C)(C)O1. The molecule has 18 heavy (non-hydrogen) atoms. The molecule has 0 aliphatic carbocycles. The zero-order chi connectivity index (χ0) is 13.0. The Balaban J connectivity index is 1.61. The van der Waals surface area contributed by atoms with Gasteiger partial charge in [-0.15, -0.1) is 0 Å². The third-order valence-corrected chi connectivity index (χ3v) is 3.40. The Kier molecular flexibility index (Phi) is 4.98. The van der Waals surface area contributed by atoms with E-state index in [1.165, 1.54) is 0 Å². The third kappa shape index (κ3) is 4.48. The second-order valence-electron chi connectivity index (χ2n) is 5.72. The van der Waals surface area contributed by atoms with Crippen molar-refractivity contribution in [2.45, 2.75) is 51.2 Å². The smallest absolute Gasteiger partial charge is 0.163 e. The molecule has 2 N–H and O–H groups in total. The monoisotopic (exact) mass is 258 g/mol. The predicted octanol–water partition coefficient (Wildman–Crippen LogP) is 0.495. The zero-order valence-corrected chi connectivity index (χ0v) is 11.7. The Bertz CT molecular complexity index is 255. The standard InChI is InChI=1S/C13H26N2O3/c1-10(6-11-8-16-5-4-14-11)15-7-12-9-17-13(2,3)18-12/h10-12,14-15H,4-9H2,1-3H3. The van der Waals surface area contributed by atoms with Gasteiger partial charge in [-0.2, -0.15) is 0 Å². The molecule has 5 heteroatoms. The highest BCUT2D eigenvalue weighted by atomic mass is 16.7. The van der Waals surface area contributed by atoms with Crippen LogP contribution in [-0.2, 0) is 14.2 Å². The van der Waals surface area contributed by atoms with Gasteiger partial charge in [0.25, 0.3) is 0 Å².